The quantitative estimate of drug-likeness (QED) is 0.618. The minimum Gasteiger partial charge on any atom is -0.477 e. The summed E-state index contributed by atoms with van der Waals surface area (Å²) in [5, 5.41) is 6.61. The van der Waals surface area contributed by atoms with E-state index in [0.717, 1.165) is 75.2 Å². The van der Waals surface area contributed by atoms with Gasteiger partial charge in [-0.05, 0) is 43.9 Å². The topological polar surface area (TPSA) is 75.2 Å². The molecule has 1 saturated heterocycles. The fourth-order valence-electron chi connectivity index (χ4n) is 5.20. The van der Waals surface area contributed by atoms with E-state index in [2.05, 4.69) is 31.6 Å². The Morgan fingerprint density at radius 2 is 1.82 bits per heavy atom. The van der Waals surface area contributed by atoms with Crippen LogP contribution in [-0.4, -0.2) is 41.1 Å². The third-order valence-corrected chi connectivity index (χ3v) is 6.91. The molecule has 1 aliphatic carbocycles. The van der Waals surface area contributed by atoms with Gasteiger partial charge in [-0.2, -0.15) is 0 Å². The van der Waals surface area contributed by atoms with Gasteiger partial charge in [-0.25, -0.2) is 19.3 Å². The van der Waals surface area contributed by atoms with Crippen molar-refractivity contribution in [2.24, 2.45) is 0 Å². The summed E-state index contributed by atoms with van der Waals surface area (Å²) in [5.74, 6) is 1.15. The molecule has 1 saturated carbocycles. The van der Waals surface area contributed by atoms with E-state index in [1.807, 2.05) is 18.3 Å². The summed E-state index contributed by atoms with van der Waals surface area (Å²) in [6.07, 6.45) is 8.54. The van der Waals surface area contributed by atoms with Crippen LogP contribution in [0.4, 0.5) is 21.8 Å². The summed E-state index contributed by atoms with van der Waals surface area (Å²) < 4.78 is 21.0. The monoisotopic (exact) mass is 446 g/mol. The number of hydrogen-bond donors (Lipinski definition) is 2. The van der Waals surface area contributed by atoms with Gasteiger partial charge in [0.05, 0.1) is 17.6 Å². The van der Waals surface area contributed by atoms with Gasteiger partial charge in [0.2, 0.25) is 5.95 Å². The number of fused-ring (bicyclic) bond motifs is 4. The maximum atomic E-state index is 14.6. The molecule has 0 amide bonds. The van der Waals surface area contributed by atoms with E-state index >= 15 is 0 Å². The van der Waals surface area contributed by atoms with E-state index in [4.69, 9.17) is 9.72 Å². The first-order chi connectivity index (χ1) is 16.2. The molecule has 0 atom stereocenters. The van der Waals surface area contributed by atoms with Crippen LogP contribution in [0.5, 0.6) is 5.75 Å². The number of benzene rings is 1. The summed E-state index contributed by atoms with van der Waals surface area (Å²) in [5.41, 5.74) is 2.91. The predicted octanol–water partition coefficient (Wildman–Crippen LogP) is 4.38. The van der Waals surface area contributed by atoms with E-state index < -0.39 is 5.60 Å². The number of hydrogen-bond acceptors (Lipinski definition) is 7. The Hall–Kier alpha value is -3.26. The third-order valence-electron chi connectivity index (χ3n) is 6.91. The van der Waals surface area contributed by atoms with Gasteiger partial charge in [-0.3, -0.25) is 0 Å². The van der Waals surface area contributed by atoms with E-state index in [9.17, 15) is 4.39 Å². The van der Waals surface area contributed by atoms with E-state index in [1.165, 1.54) is 6.07 Å². The van der Waals surface area contributed by atoms with Crippen LogP contribution in [0.2, 0.25) is 0 Å². The van der Waals surface area contributed by atoms with Gasteiger partial charge in [0.25, 0.3) is 0 Å². The fraction of sp³-hybridized carbons (Fsp3) is 0.400. The standard InChI is InChI=1S/C25H27FN6O/c26-20-6-4-5-18-19-16-29-24(31-23(19)25(33-22(18)20)9-2-1-3-10-25)30-21-8-7-17(15-28-21)32-13-11-27-12-14-32/h4-8,15-16,27H,1-3,9-14H2,(H,28,29,30,31). The lowest BCUT2D eigenvalue weighted by Gasteiger charge is -2.41. The van der Waals surface area contributed by atoms with Crippen LogP contribution in [0.1, 0.15) is 37.8 Å². The van der Waals surface area contributed by atoms with Crippen LogP contribution in [0, 0.1) is 5.82 Å². The maximum Gasteiger partial charge on any atom is 0.228 e. The summed E-state index contributed by atoms with van der Waals surface area (Å²) in [7, 11) is 0. The van der Waals surface area contributed by atoms with E-state index in [-0.39, 0.29) is 5.82 Å². The molecule has 4 heterocycles. The van der Waals surface area contributed by atoms with Gasteiger partial charge in [0.1, 0.15) is 5.82 Å². The number of nitrogens with one attached hydrogen (secondary N) is 2. The average Bonchev–Trinajstić information content (AvgIpc) is 2.87. The Bertz CT molecular complexity index is 1160. The Morgan fingerprint density at radius 3 is 2.61 bits per heavy atom. The third kappa shape index (κ3) is 3.68. The minimum atomic E-state index is -0.609. The SMILES string of the molecule is Fc1cccc2c1OC1(CCCCC1)c1nc(Nc3ccc(N4CCNCC4)cn3)ncc1-2. The second kappa shape index (κ2) is 8.26. The Morgan fingerprint density at radius 1 is 0.970 bits per heavy atom. The largest absolute Gasteiger partial charge is 0.477 e. The number of halogens is 1. The smallest absolute Gasteiger partial charge is 0.228 e. The number of pyridine rings is 1. The van der Waals surface area contributed by atoms with E-state index in [1.54, 1.807) is 12.3 Å². The molecular formula is C25H27FN6O. The second-order valence-corrected chi connectivity index (χ2v) is 8.99. The molecule has 0 unspecified atom stereocenters. The van der Waals surface area contributed by atoms with Gasteiger partial charge in [0.15, 0.2) is 17.2 Å². The van der Waals surface area contributed by atoms with Crippen LogP contribution in [0.3, 0.4) is 0 Å². The highest BCUT2D eigenvalue weighted by molar-refractivity contribution is 5.75. The number of nitrogens with zero attached hydrogens (tertiary/aromatic N) is 4. The van der Waals surface area contributed by atoms with Gasteiger partial charge in [-0.1, -0.05) is 18.6 Å². The zero-order valence-corrected chi connectivity index (χ0v) is 18.5. The van der Waals surface area contributed by atoms with Crippen LogP contribution in [0.25, 0.3) is 11.1 Å². The number of aromatic nitrogens is 3. The van der Waals surface area contributed by atoms with Crippen molar-refractivity contribution in [3.63, 3.8) is 0 Å². The second-order valence-electron chi connectivity index (χ2n) is 8.99. The van der Waals surface area contributed by atoms with Gasteiger partial charge < -0.3 is 20.3 Å². The number of para-hydroxylation sites is 1. The zero-order chi connectivity index (χ0) is 22.3. The Labute approximate surface area is 192 Å². The van der Waals surface area contributed by atoms with Gasteiger partial charge in [-0.15, -0.1) is 0 Å². The lowest BCUT2D eigenvalue weighted by Crippen LogP contribution is -2.43. The van der Waals surface area contributed by atoms with Crippen molar-refractivity contribution in [1.29, 1.82) is 0 Å². The van der Waals surface area contributed by atoms with Gasteiger partial charge in [0, 0.05) is 43.5 Å². The summed E-state index contributed by atoms with van der Waals surface area (Å²) in [6.45, 7) is 3.93. The highest BCUT2D eigenvalue weighted by Crippen LogP contribution is 2.51. The van der Waals surface area contributed by atoms with Gasteiger partial charge >= 0.3 is 0 Å². The molecular weight excluding hydrogens is 419 g/mol. The summed E-state index contributed by atoms with van der Waals surface area (Å²) in [6, 6.07) is 9.06. The predicted molar refractivity (Wildman–Crippen MR) is 125 cm³/mol. The van der Waals surface area contributed by atoms with Crippen molar-refractivity contribution in [2.75, 3.05) is 36.4 Å². The molecule has 0 bridgehead atoms. The Balaban J connectivity index is 1.32. The molecule has 170 valence electrons. The lowest BCUT2D eigenvalue weighted by molar-refractivity contribution is 0.0161. The van der Waals surface area contributed by atoms with Crippen molar-refractivity contribution in [3.05, 3.63) is 54.2 Å². The zero-order valence-electron chi connectivity index (χ0n) is 18.5. The summed E-state index contributed by atoms with van der Waals surface area (Å²) in [4.78, 5) is 16.3. The van der Waals surface area contributed by atoms with Crippen molar-refractivity contribution < 1.29 is 9.13 Å². The summed E-state index contributed by atoms with van der Waals surface area (Å²) >= 11 is 0. The van der Waals surface area contributed by atoms with Crippen molar-refractivity contribution in [1.82, 2.24) is 20.3 Å². The number of rotatable bonds is 3. The lowest BCUT2D eigenvalue weighted by atomic mass is 9.78. The van der Waals surface area contributed by atoms with E-state index in [0.29, 0.717) is 23.1 Å². The van der Waals surface area contributed by atoms with Crippen LogP contribution >= 0.6 is 0 Å². The first kappa shape index (κ1) is 20.4. The molecule has 2 aliphatic heterocycles. The normalized spacial score (nSPS) is 18.9. The molecule has 0 radical (unpaired) electrons. The van der Waals surface area contributed by atoms with Crippen LogP contribution < -0.4 is 20.3 Å². The molecule has 2 N–H and O–H groups in total. The molecule has 3 aliphatic rings. The Kier molecular flexibility index (Phi) is 5.10. The number of piperazine rings is 1. The molecule has 1 spiro atoms. The number of ether oxygens (including phenoxy) is 1. The first-order valence-corrected chi connectivity index (χ1v) is 11.8. The molecule has 7 nitrogen and oxygen atoms in total. The number of anilines is 3. The fourth-order valence-corrected chi connectivity index (χ4v) is 5.20. The van der Waals surface area contributed by atoms with Crippen molar-refractivity contribution in [2.45, 2.75) is 37.7 Å². The highest BCUT2D eigenvalue weighted by Gasteiger charge is 2.44. The van der Waals surface area contributed by atoms with Crippen molar-refractivity contribution >= 4 is 17.5 Å². The average molecular weight is 447 g/mol. The highest BCUT2D eigenvalue weighted by atomic mass is 19.1. The van der Waals surface area contributed by atoms with Crippen molar-refractivity contribution in [3.8, 4) is 16.9 Å². The first-order valence-electron chi connectivity index (χ1n) is 11.8. The maximum absolute atomic E-state index is 14.6. The molecule has 1 aromatic carbocycles. The molecule has 6 rings (SSSR count). The molecule has 2 fully saturated rings. The molecule has 3 aromatic rings. The molecule has 33 heavy (non-hydrogen) atoms. The van der Waals surface area contributed by atoms with Crippen LogP contribution in [0.15, 0.2) is 42.7 Å². The minimum absolute atomic E-state index is 0.321. The van der Waals surface area contributed by atoms with Crippen LogP contribution in [-0.2, 0) is 5.60 Å². The molecule has 8 heteroatoms. The molecule has 2 aromatic heterocycles.